The van der Waals surface area contributed by atoms with Crippen molar-refractivity contribution < 1.29 is 14.1 Å². The van der Waals surface area contributed by atoms with E-state index in [4.69, 9.17) is 0 Å². The first-order valence-electron chi connectivity index (χ1n) is 7.50. The Morgan fingerprint density at radius 2 is 2.05 bits per heavy atom. The Balaban J connectivity index is 1.55. The molecular weight excluding hydrogens is 281 g/mol. The van der Waals surface area contributed by atoms with Gasteiger partial charge in [0.05, 0.1) is 31.7 Å². The predicted molar refractivity (Wildman–Crippen MR) is 80.9 cm³/mol. The summed E-state index contributed by atoms with van der Waals surface area (Å²) in [6.45, 7) is 3.99. The smallest absolute Gasteiger partial charge is 0.255 e. The van der Waals surface area contributed by atoms with Gasteiger partial charge in [-0.2, -0.15) is 0 Å². The van der Waals surface area contributed by atoms with Crippen LogP contribution in [0.5, 0.6) is 0 Å². The van der Waals surface area contributed by atoms with Crippen LogP contribution in [0.4, 0.5) is 4.39 Å². The standard InChI is InChI=1S/C17H18FN3O/c18-16-5-1-3-14(11-16)13-20-7-9-21(10-8-20)17(22)15-4-2-6-19-12-15/h1-6,11-12H,7-10,13H2/p+1. The Labute approximate surface area is 129 Å². The van der Waals surface area contributed by atoms with Crippen LogP contribution in [0, 0.1) is 5.82 Å². The first-order valence-corrected chi connectivity index (χ1v) is 7.50. The summed E-state index contributed by atoms with van der Waals surface area (Å²) in [7, 11) is 0. The molecule has 2 aromatic rings. The highest BCUT2D eigenvalue weighted by atomic mass is 19.1. The van der Waals surface area contributed by atoms with E-state index in [1.807, 2.05) is 11.0 Å². The van der Waals surface area contributed by atoms with Gasteiger partial charge in [-0.3, -0.25) is 9.78 Å². The van der Waals surface area contributed by atoms with Crippen molar-refractivity contribution in [2.75, 3.05) is 26.2 Å². The molecule has 0 saturated carbocycles. The molecule has 0 spiro atoms. The molecule has 3 rings (SSSR count). The van der Waals surface area contributed by atoms with Crippen LogP contribution in [0.1, 0.15) is 15.9 Å². The quantitative estimate of drug-likeness (QED) is 0.909. The zero-order valence-electron chi connectivity index (χ0n) is 12.3. The average molecular weight is 300 g/mol. The summed E-state index contributed by atoms with van der Waals surface area (Å²) in [5, 5.41) is 0. The Hall–Kier alpha value is -2.27. The maximum absolute atomic E-state index is 13.2. The summed E-state index contributed by atoms with van der Waals surface area (Å²) in [6, 6.07) is 10.3. The predicted octanol–water partition coefficient (Wildman–Crippen LogP) is 0.762. The molecular formula is C17H19FN3O+. The van der Waals surface area contributed by atoms with E-state index >= 15 is 0 Å². The second-order valence-corrected chi connectivity index (χ2v) is 5.59. The SMILES string of the molecule is O=C(c1cccnc1)N1CC[NH+](Cc2cccc(F)c2)CC1. The lowest BCUT2D eigenvalue weighted by atomic mass is 10.2. The maximum atomic E-state index is 13.2. The van der Waals surface area contributed by atoms with Crippen LogP contribution >= 0.6 is 0 Å². The molecule has 1 aromatic heterocycles. The molecule has 1 aliphatic heterocycles. The van der Waals surface area contributed by atoms with Gasteiger partial charge >= 0.3 is 0 Å². The van der Waals surface area contributed by atoms with Crippen molar-refractivity contribution in [2.24, 2.45) is 0 Å². The van der Waals surface area contributed by atoms with E-state index in [0.717, 1.165) is 38.3 Å². The highest BCUT2D eigenvalue weighted by Gasteiger charge is 2.24. The third-order valence-electron chi connectivity index (χ3n) is 4.01. The second-order valence-electron chi connectivity index (χ2n) is 5.59. The van der Waals surface area contributed by atoms with Crippen LogP contribution in [0.2, 0.25) is 0 Å². The fraction of sp³-hybridized carbons (Fsp3) is 0.294. The first-order chi connectivity index (χ1) is 10.7. The Morgan fingerprint density at radius 1 is 1.23 bits per heavy atom. The zero-order chi connectivity index (χ0) is 15.4. The number of aromatic nitrogens is 1. The molecule has 114 valence electrons. The van der Waals surface area contributed by atoms with Gasteiger partial charge in [0.25, 0.3) is 5.91 Å². The average Bonchev–Trinajstić information content (AvgIpc) is 2.56. The third-order valence-corrected chi connectivity index (χ3v) is 4.01. The number of benzene rings is 1. The number of rotatable bonds is 3. The fourth-order valence-corrected chi connectivity index (χ4v) is 2.81. The third kappa shape index (κ3) is 3.49. The molecule has 1 fully saturated rings. The molecule has 1 saturated heterocycles. The lowest BCUT2D eigenvalue weighted by molar-refractivity contribution is -0.917. The molecule has 2 heterocycles. The van der Waals surface area contributed by atoms with E-state index in [1.54, 1.807) is 36.7 Å². The minimum Gasteiger partial charge on any atom is -0.328 e. The number of carbonyl (C=O) groups excluding carboxylic acids is 1. The minimum atomic E-state index is -0.192. The van der Waals surface area contributed by atoms with E-state index in [9.17, 15) is 9.18 Å². The van der Waals surface area contributed by atoms with Crippen LogP contribution in [0.3, 0.4) is 0 Å². The summed E-state index contributed by atoms with van der Waals surface area (Å²) in [5.41, 5.74) is 1.64. The second kappa shape index (κ2) is 6.66. The van der Waals surface area contributed by atoms with Gasteiger partial charge in [0.1, 0.15) is 12.4 Å². The largest absolute Gasteiger partial charge is 0.328 e. The van der Waals surface area contributed by atoms with Gasteiger partial charge in [-0.05, 0) is 24.3 Å². The number of halogens is 1. The zero-order valence-corrected chi connectivity index (χ0v) is 12.3. The summed E-state index contributed by atoms with van der Waals surface area (Å²) >= 11 is 0. The number of hydrogen-bond donors (Lipinski definition) is 1. The van der Waals surface area contributed by atoms with Crippen molar-refractivity contribution >= 4 is 5.91 Å². The topological polar surface area (TPSA) is 37.6 Å². The molecule has 0 unspecified atom stereocenters. The molecule has 1 amide bonds. The first kappa shape index (κ1) is 14.7. The van der Waals surface area contributed by atoms with Gasteiger partial charge in [0.15, 0.2) is 0 Å². The summed E-state index contributed by atoms with van der Waals surface area (Å²) in [5.74, 6) is -0.153. The molecule has 0 aliphatic carbocycles. The van der Waals surface area contributed by atoms with Gasteiger partial charge < -0.3 is 9.80 Å². The van der Waals surface area contributed by atoms with Crippen molar-refractivity contribution in [3.05, 3.63) is 65.7 Å². The lowest BCUT2D eigenvalue weighted by Gasteiger charge is -2.32. The van der Waals surface area contributed by atoms with Crippen molar-refractivity contribution in [1.82, 2.24) is 9.88 Å². The van der Waals surface area contributed by atoms with E-state index in [0.29, 0.717) is 5.56 Å². The Kier molecular flexibility index (Phi) is 4.44. The van der Waals surface area contributed by atoms with Crippen LogP contribution in [-0.4, -0.2) is 42.0 Å². The van der Waals surface area contributed by atoms with E-state index in [1.165, 1.54) is 11.0 Å². The highest BCUT2D eigenvalue weighted by molar-refractivity contribution is 5.93. The van der Waals surface area contributed by atoms with Crippen molar-refractivity contribution in [3.63, 3.8) is 0 Å². The van der Waals surface area contributed by atoms with E-state index in [-0.39, 0.29) is 11.7 Å². The number of pyridine rings is 1. The highest BCUT2D eigenvalue weighted by Crippen LogP contribution is 2.04. The van der Waals surface area contributed by atoms with Gasteiger partial charge in [0.2, 0.25) is 0 Å². The summed E-state index contributed by atoms with van der Waals surface area (Å²) in [6.07, 6.45) is 3.27. The fourth-order valence-electron chi connectivity index (χ4n) is 2.81. The molecule has 0 radical (unpaired) electrons. The molecule has 1 aliphatic rings. The number of quaternary nitrogens is 1. The van der Waals surface area contributed by atoms with Gasteiger partial charge in [-0.1, -0.05) is 12.1 Å². The monoisotopic (exact) mass is 300 g/mol. The molecule has 0 atom stereocenters. The van der Waals surface area contributed by atoms with Crippen molar-refractivity contribution in [1.29, 1.82) is 0 Å². The van der Waals surface area contributed by atoms with E-state index < -0.39 is 0 Å². The Bertz CT molecular complexity index is 639. The van der Waals surface area contributed by atoms with Gasteiger partial charge in [0, 0.05) is 18.0 Å². The lowest BCUT2D eigenvalue weighted by Crippen LogP contribution is -3.13. The number of nitrogens with one attached hydrogen (secondary N) is 1. The van der Waals surface area contributed by atoms with Crippen LogP contribution in [0.15, 0.2) is 48.8 Å². The number of amides is 1. The normalized spacial score (nSPS) is 15.8. The van der Waals surface area contributed by atoms with Crippen molar-refractivity contribution in [3.8, 4) is 0 Å². The van der Waals surface area contributed by atoms with Gasteiger partial charge in [-0.25, -0.2) is 4.39 Å². The summed E-state index contributed by atoms with van der Waals surface area (Å²) in [4.78, 5) is 19.6. The number of carbonyl (C=O) groups is 1. The molecule has 5 heteroatoms. The summed E-state index contributed by atoms with van der Waals surface area (Å²) < 4.78 is 13.2. The number of nitrogens with zero attached hydrogens (tertiary/aromatic N) is 2. The van der Waals surface area contributed by atoms with Crippen LogP contribution < -0.4 is 4.90 Å². The van der Waals surface area contributed by atoms with Crippen LogP contribution in [-0.2, 0) is 6.54 Å². The minimum absolute atomic E-state index is 0.0397. The number of piperazine rings is 1. The maximum Gasteiger partial charge on any atom is 0.255 e. The van der Waals surface area contributed by atoms with Crippen LogP contribution in [0.25, 0.3) is 0 Å². The molecule has 22 heavy (non-hydrogen) atoms. The molecule has 4 nitrogen and oxygen atoms in total. The number of hydrogen-bond acceptors (Lipinski definition) is 2. The van der Waals surface area contributed by atoms with Gasteiger partial charge in [-0.15, -0.1) is 0 Å². The Morgan fingerprint density at radius 3 is 2.73 bits per heavy atom. The molecule has 0 bridgehead atoms. The molecule has 1 N–H and O–H groups in total. The van der Waals surface area contributed by atoms with E-state index in [2.05, 4.69) is 4.98 Å². The molecule has 1 aromatic carbocycles. The van der Waals surface area contributed by atoms with Crippen molar-refractivity contribution in [2.45, 2.75) is 6.54 Å².